The number of likely N-dealkylation sites (N-methyl/N-ethyl adjacent to an activating group) is 1. The zero-order valence-electron chi connectivity index (χ0n) is 17.0. The van der Waals surface area contributed by atoms with Gasteiger partial charge in [0.05, 0.1) is 24.8 Å². The van der Waals surface area contributed by atoms with E-state index < -0.39 is 0 Å². The molecule has 0 spiro atoms. The van der Waals surface area contributed by atoms with Gasteiger partial charge in [-0.3, -0.25) is 9.59 Å². The van der Waals surface area contributed by atoms with Crippen molar-refractivity contribution >= 4 is 17.5 Å². The van der Waals surface area contributed by atoms with E-state index in [0.717, 1.165) is 37.1 Å². The average Bonchev–Trinajstić information content (AvgIpc) is 3.17. The molecule has 0 aromatic heterocycles. The first-order chi connectivity index (χ1) is 13.3. The predicted molar refractivity (Wildman–Crippen MR) is 108 cm³/mol. The van der Waals surface area contributed by atoms with Gasteiger partial charge < -0.3 is 25.0 Å². The lowest BCUT2D eigenvalue weighted by Crippen LogP contribution is -2.45. The van der Waals surface area contributed by atoms with Crippen LogP contribution in [0.2, 0.25) is 0 Å². The number of fused-ring (bicyclic) bond motifs is 1. The summed E-state index contributed by atoms with van der Waals surface area (Å²) >= 11 is 0. The number of anilines is 1. The highest BCUT2D eigenvalue weighted by Gasteiger charge is 2.34. The Morgan fingerprint density at radius 1 is 1.32 bits per heavy atom. The molecule has 2 N–H and O–H groups in total. The maximum absolute atomic E-state index is 12.5. The summed E-state index contributed by atoms with van der Waals surface area (Å²) in [4.78, 5) is 28.3. The van der Waals surface area contributed by atoms with E-state index in [0.29, 0.717) is 25.1 Å². The maximum Gasteiger partial charge on any atom is 0.253 e. The molecule has 0 bridgehead atoms. The fraction of sp³-hybridized carbons (Fsp3) is 0.619. The number of hydrogen-bond donors (Lipinski definition) is 2. The summed E-state index contributed by atoms with van der Waals surface area (Å²) in [5.41, 5.74) is 1.26. The monoisotopic (exact) mass is 389 g/mol. The molecule has 0 unspecified atom stereocenters. The Balaban J connectivity index is 1.63. The molecule has 1 aliphatic carbocycles. The molecule has 1 fully saturated rings. The Morgan fingerprint density at radius 3 is 2.68 bits per heavy atom. The van der Waals surface area contributed by atoms with E-state index in [1.165, 1.54) is 4.90 Å². The number of hydrogen-bond acceptors (Lipinski definition) is 5. The van der Waals surface area contributed by atoms with Crippen LogP contribution in [0.25, 0.3) is 0 Å². The second kappa shape index (κ2) is 8.39. The zero-order chi connectivity index (χ0) is 20.3. The Labute approximate surface area is 166 Å². The number of ether oxygens (including phenoxy) is 1. The number of aliphatic hydroxyl groups excluding tert-OH is 1. The third-order valence-corrected chi connectivity index (χ3v) is 6.05. The smallest absolute Gasteiger partial charge is 0.253 e. The first-order valence-electron chi connectivity index (χ1n) is 9.94. The summed E-state index contributed by atoms with van der Waals surface area (Å²) in [5, 5.41) is 12.7. The number of benzene rings is 1. The molecule has 28 heavy (non-hydrogen) atoms. The van der Waals surface area contributed by atoms with Crippen molar-refractivity contribution in [3.63, 3.8) is 0 Å². The number of nitrogens with one attached hydrogen (secondary N) is 1. The largest absolute Gasteiger partial charge is 0.489 e. The van der Waals surface area contributed by atoms with Gasteiger partial charge in [0.15, 0.2) is 0 Å². The second-order valence-electron chi connectivity index (χ2n) is 8.30. The molecule has 154 valence electrons. The summed E-state index contributed by atoms with van der Waals surface area (Å²) in [5.74, 6) is 0.616. The Bertz CT molecular complexity index is 728. The van der Waals surface area contributed by atoms with Crippen molar-refractivity contribution in [3.8, 4) is 5.75 Å². The van der Waals surface area contributed by atoms with Crippen LogP contribution in [0.1, 0.15) is 42.5 Å². The minimum atomic E-state index is -0.154. The SMILES string of the molecule is CN(C)C(=O)c1ccc2c(c1)N(C)[C@H](CC(=O)NCC1(CO)CCCC1)CO2. The molecular formula is C21H31N3O4. The van der Waals surface area contributed by atoms with E-state index in [9.17, 15) is 14.7 Å². The van der Waals surface area contributed by atoms with Crippen LogP contribution in [0.15, 0.2) is 18.2 Å². The van der Waals surface area contributed by atoms with Crippen LogP contribution in [0.5, 0.6) is 5.75 Å². The molecule has 1 aliphatic heterocycles. The first-order valence-corrected chi connectivity index (χ1v) is 9.94. The van der Waals surface area contributed by atoms with Gasteiger partial charge in [-0.15, -0.1) is 0 Å². The minimum Gasteiger partial charge on any atom is -0.489 e. The van der Waals surface area contributed by atoms with Crippen LogP contribution in [0.4, 0.5) is 5.69 Å². The van der Waals surface area contributed by atoms with Crippen molar-refractivity contribution in [1.82, 2.24) is 10.2 Å². The summed E-state index contributed by atoms with van der Waals surface area (Å²) in [7, 11) is 5.37. The van der Waals surface area contributed by atoms with E-state index >= 15 is 0 Å². The Kier molecular flexibility index (Phi) is 6.13. The van der Waals surface area contributed by atoms with Crippen molar-refractivity contribution in [2.45, 2.75) is 38.1 Å². The van der Waals surface area contributed by atoms with Gasteiger partial charge in [0, 0.05) is 38.7 Å². The van der Waals surface area contributed by atoms with Gasteiger partial charge in [-0.25, -0.2) is 0 Å². The molecule has 2 aliphatic rings. The lowest BCUT2D eigenvalue weighted by Gasteiger charge is -2.36. The molecule has 1 aromatic carbocycles. The van der Waals surface area contributed by atoms with E-state index in [4.69, 9.17) is 4.74 Å². The van der Waals surface area contributed by atoms with Gasteiger partial charge in [-0.05, 0) is 31.0 Å². The molecule has 0 radical (unpaired) electrons. The second-order valence-corrected chi connectivity index (χ2v) is 8.30. The molecule has 1 atom stereocenters. The number of carbonyl (C=O) groups excluding carboxylic acids is 2. The van der Waals surface area contributed by atoms with E-state index in [1.807, 2.05) is 24.1 Å². The van der Waals surface area contributed by atoms with Gasteiger partial charge in [-0.1, -0.05) is 12.8 Å². The lowest BCUT2D eigenvalue weighted by atomic mass is 9.87. The van der Waals surface area contributed by atoms with E-state index in [1.54, 1.807) is 20.2 Å². The zero-order valence-corrected chi connectivity index (χ0v) is 17.0. The van der Waals surface area contributed by atoms with Crippen LogP contribution in [0, 0.1) is 5.41 Å². The van der Waals surface area contributed by atoms with E-state index in [2.05, 4.69) is 5.32 Å². The van der Waals surface area contributed by atoms with Crippen molar-refractivity contribution in [2.75, 3.05) is 45.8 Å². The highest BCUT2D eigenvalue weighted by molar-refractivity contribution is 5.95. The molecule has 1 saturated carbocycles. The summed E-state index contributed by atoms with van der Waals surface area (Å²) < 4.78 is 5.83. The first kappa shape index (κ1) is 20.5. The molecule has 7 nitrogen and oxygen atoms in total. The Hall–Kier alpha value is -2.28. The fourth-order valence-corrected chi connectivity index (χ4v) is 4.08. The van der Waals surface area contributed by atoms with Crippen LogP contribution in [0.3, 0.4) is 0 Å². The fourth-order valence-electron chi connectivity index (χ4n) is 4.08. The van der Waals surface area contributed by atoms with Crippen molar-refractivity contribution in [2.24, 2.45) is 5.41 Å². The van der Waals surface area contributed by atoms with Gasteiger partial charge in [0.2, 0.25) is 5.91 Å². The third kappa shape index (κ3) is 4.24. The molecule has 0 saturated heterocycles. The number of amides is 2. The van der Waals surface area contributed by atoms with Crippen LogP contribution in [-0.2, 0) is 4.79 Å². The third-order valence-electron chi connectivity index (χ3n) is 6.05. The van der Waals surface area contributed by atoms with Gasteiger partial charge in [0.1, 0.15) is 12.4 Å². The lowest BCUT2D eigenvalue weighted by molar-refractivity contribution is -0.122. The predicted octanol–water partition coefficient (Wildman–Crippen LogP) is 1.64. The molecular weight excluding hydrogens is 358 g/mol. The number of carbonyl (C=O) groups is 2. The van der Waals surface area contributed by atoms with Gasteiger partial charge >= 0.3 is 0 Å². The number of nitrogens with zero attached hydrogens (tertiary/aromatic N) is 2. The molecule has 2 amide bonds. The minimum absolute atomic E-state index is 0.0378. The average molecular weight is 389 g/mol. The highest BCUT2D eigenvalue weighted by Crippen LogP contribution is 2.37. The van der Waals surface area contributed by atoms with Crippen LogP contribution >= 0.6 is 0 Å². The van der Waals surface area contributed by atoms with Crippen molar-refractivity contribution in [3.05, 3.63) is 23.8 Å². The quantitative estimate of drug-likeness (QED) is 0.773. The highest BCUT2D eigenvalue weighted by atomic mass is 16.5. The Morgan fingerprint density at radius 2 is 2.04 bits per heavy atom. The molecule has 1 aromatic rings. The standard InChI is InChI=1S/C21H31N3O4/c1-23(2)20(27)15-6-7-18-17(10-15)24(3)16(12-28-18)11-19(26)22-13-21(14-25)8-4-5-9-21/h6-7,10,16,25H,4-5,8-9,11-14H2,1-3H3,(H,22,26)/t16-/m1/s1. The van der Waals surface area contributed by atoms with Crippen LogP contribution < -0.4 is 15.0 Å². The maximum atomic E-state index is 12.5. The molecule has 7 heteroatoms. The number of aliphatic hydroxyl groups is 1. The number of rotatable bonds is 6. The van der Waals surface area contributed by atoms with Crippen molar-refractivity contribution in [1.29, 1.82) is 0 Å². The summed E-state index contributed by atoms with van der Waals surface area (Å²) in [6.45, 7) is 1.07. The normalized spacial score (nSPS) is 20.3. The summed E-state index contributed by atoms with van der Waals surface area (Å²) in [6.07, 6.45) is 4.46. The topological polar surface area (TPSA) is 82.1 Å². The van der Waals surface area contributed by atoms with Gasteiger partial charge in [0.25, 0.3) is 5.91 Å². The molecule has 1 heterocycles. The van der Waals surface area contributed by atoms with Crippen molar-refractivity contribution < 1.29 is 19.4 Å². The summed E-state index contributed by atoms with van der Waals surface area (Å²) in [6, 6.07) is 5.29. The van der Waals surface area contributed by atoms with E-state index in [-0.39, 0.29) is 29.9 Å². The van der Waals surface area contributed by atoms with Gasteiger partial charge in [-0.2, -0.15) is 0 Å². The van der Waals surface area contributed by atoms with Crippen LogP contribution in [-0.4, -0.2) is 68.8 Å². The molecule has 3 rings (SSSR count).